The summed E-state index contributed by atoms with van der Waals surface area (Å²) in [5, 5.41) is 10.8. The molecule has 2 fully saturated rings. The van der Waals surface area contributed by atoms with Crippen molar-refractivity contribution < 1.29 is 22.4 Å². The van der Waals surface area contributed by atoms with Gasteiger partial charge in [0, 0.05) is 31.8 Å². The smallest absolute Gasteiger partial charge is 0.277 e. The fraction of sp³-hybridized carbons (Fsp3) is 0.571. The van der Waals surface area contributed by atoms with Crippen LogP contribution in [0.15, 0.2) is 38.8 Å². The van der Waals surface area contributed by atoms with Gasteiger partial charge in [0.25, 0.3) is 5.22 Å². The number of nitrogens with one attached hydrogen (secondary N) is 1. The molecule has 32 heavy (non-hydrogen) atoms. The zero-order valence-corrected chi connectivity index (χ0v) is 19.7. The minimum absolute atomic E-state index is 0.0830. The number of hydrogen-bond donors (Lipinski definition) is 1. The lowest BCUT2D eigenvalue weighted by atomic mass is 10.2. The summed E-state index contributed by atoms with van der Waals surface area (Å²) in [6.07, 6.45) is 4.88. The van der Waals surface area contributed by atoms with Gasteiger partial charge in [-0.2, -0.15) is 4.31 Å². The van der Waals surface area contributed by atoms with Gasteiger partial charge in [-0.15, -0.1) is 10.2 Å². The van der Waals surface area contributed by atoms with Crippen LogP contribution in [0.4, 0.5) is 0 Å². The van der Waals surface area contributed by atoms with Crippen molar-refractivity contribution in [1.29, 1.82) is 0 Å². The second-order valence-corrected chi connectivity index (χ2v) is 11.2. The minimum Gasteiger partial charge on any atom is -0.411 e. The first-order chi connectivity index (χ1) is 15.4. The maximum atomic E-state index is 13.0. The number of piperidine rings is 1. The molecule has 1 aromatic carbocycles. The van der Waals surface area contributed by atoms with Gasteiger partial charge >= 0.3 is 0 Å². The lowest BCUT2D eigenvalue weighted by molar-refractivity contribution is -0.120. The van der Waals surface area contributed by atoms with Crippen molar-refractivity contribution in [2.75, 3.05) is 26.2 Å². The molecule has 11 heteroatoms. The van der Waals surface area contributed by atoms with E-state index in [0.29, 0.717) is 25.2 Å². The van der Waals surface area contributed by atoms with E-state index in [2.05, 4.69) is 15.5 Å². The number of nitrogens with zero attached hydrogens (tertiary/aromatic N) is 3. The Balaban J connectivity index is 1.39. The molecule has 174 valence electrons. The Bertz CT molecular complexity index is 1030. The van der Waals surface area contributed by atoms with Crippen LogP contribution in [0, 0.1) is 0 Å². The predicted octanol–water partition coefficient (Wildman–Crippen LogP) is 2.69. The van der Waals surface area contributed by atoms with Gasteiger partial charge in [-0.05, 0) is 50.8 Å². The molecule has 3 heterocycles. The molecule has 1 amide bonds. The van der Waals surface area contributed by atoms with Crippen LogP contribution < -0.4 is 5.32 Å². The first-order valence-corrected chi connectivity index (χ1v) is 13.3. The Hall–Kier alpha value is -1.95. The maximum Gasteiger partial charge on any atom is 0.277 e. The van der Waals surface area contributed by atoms with E-state index in [9.17, 15) is 13.2 Å². The second kappa shape index (κ2) is 10.3. The standard InChI is InChI=1S/C21H28N4O5S2/c1-15(19(26)22-14-17-8-6-12-29-17)31-21-24-23-20(30-21)16-7-5-9-18(13-16)32(27,28)25-10-3-2-4-11-25/h5,7,9,13,15,17H,2-4,6,8,10-12,14H2,1H3,(H,22,26). The number of thioether (sulfide) groups is 1. The van der Waals surface area contributed by atoms with Crippen LogP contribution >= 0.6 is 11.8 Å². The number of carbonyl (C=O) groups is 1. The largest absolute Gasteiger partial charge is 0.411 e. The van der Waals surface area contributed by atoms with E-state index in [-0.39, 0.29) is 28.0 Å². The highest BCUT2D eigenvalue weighted by Crippen LogP contribution is 2.29. The molecule has 2 aromatic rings. The average Bonchev–Trinajstić information content (AvgIpc) is 3.50. The van der Waals surface area contributed by atoms with E-state index < -0.39 is 15.3 Å². The van der Waals surface area contributed by atoms with Gasteiger partial charge in [0.15, 0.2) is 0 Å². The fourth-order valence-corrected chi connectivity index (χ4v) is 6.06. The highest BCUT2D eigenvalue weighted by molar-refractivity contribution is 8.00. The summed E-state index contributed by atoms with van der Waals surface area (Å²) in [4.78, 5) is 12.6. The summed E-state index contributed by atoms with van der Waals surface area (Å²) >= 11 is 1.16. The van der Waals surface area contributed by atoms with E-state index in [1.165, 1.54) is 4.31 Å². The monoisotopic (exact) mass is 480 g/mol. The number of aromatic nitrogens is 2. The van der Waals surface area contributed by atoms with Crippen molar-refractivity contribution >= 4 is 27.7 Å². The third kappa shape index (κ3) is 5.51. The molecule has 9 nitrogen and oxygen atoms in total. The van der Waals surface area contributed by atoms with Crippen LogP contribution in [0.5, 0.6) is 0 Å². The fourth-order valence-electron chi connectivity index (χ4n) is 3.79. The number of hydrogen-bond acceptors (Lipinski definition) is 8. The molecule has 2 saturated heterocycles. The third-order valence-corrected chi connectivity index (χ3v) is 8.44. The van der Waals surface area contributed by atoms with Crippen molar-refractivity contribution in [1.82, 2.24) is 19.8 Å². The number of sulfonamides is 1. The van der Waals surface area contributed by atoms with Gasteiger partial charge < -0.3 is 14.5 Å². The van der Waals surface area contributed by atoms with Crippen LogP contribution in [0.2, 0.25) is 0 Å². The number of benzene rings is 1. The van der Waals surface area contributed by atoms with Crippen LogP contribution in [0.3, 0.4) is 0 Å². The molecule has 0 spiro atoms. The molecule has 0 saturated carbocycles. The molecule has 2 unspecified atom stereocenters. The van der Waals surface area contributed by atoms with E-state index >= 15 is 0 Å². The zero-order chi connectivity index (χ0) is 22.6. The van der Waals surface area contributed by atoms with Crippen molar-refractivity contribution in [2.45, 2.75) is 60.5 Å². The molecular weight excluding hydrogens is 452 g/mol. The number of rotatable bonds is 8. The number of amides is 1. The Morgan fingerprint density at radius 1 is 1.25 bits per heavy atom. The van der Waals surface area contributed by atoms with Gasteiger partial charge in [-0.25, -0.2) is 8.42 Å². The molecule has 1 aromatic heterocycles. The van der Waals surface area contributed by atoms with E-state index in [1.807, 2.05) is 0 Å². The summed E-state index contributed by atoms with van der Waals surface area (Å²) in [6, 6.07) is 6.54. The SMILES string of the molecule is CC(Sc1nnc(-c2cccc(S(=O)(=O)N3CCCCC3)c2)o1)C(=O)NCC1CCCO1. The first kappa shape index (κ1) is 23.2. The summed E-state index contributed by atoms with van der Waals surface area (Å²) in [6.45, 7) is 4.10. The summed E-state index contributed by atoms with van der Waals surface area (Å²) in [5.41, 5.74) is 0.526. The molecule has 0 bridgehead atoms. The van der Waals surface area contributed by atoms with Crippen LogP contribution in [0.25, 0.3) is 11.5 Å². The lowest BCUT2D eigenvalue weighted by Gasteiger charge is -2.25. The quantitative estimate of drug-likeness (QED) is 0.574. The van der Waals surface area contributed by atoms with Crippen LogP contribution in [-0.4, -0.2) is 66.4 Å². The van der Waals surface area contributed by atoms with E-state index in [4.69, 9.17) is 9.15 Å². The Morgan fingerprint density at radius 3 is 2.81 bits per heavy atom. The number of ether oxygens (including phenoxy) is 1. The van der Waals surface area contributed by atoms with E-state index in [1.54, 1.807) is 31.2 Å². The van der Waals surface area contributed by atoms with Gasteiger partial charge in [0.1, 0.15) is 0 Å². The van der Waals surface area contributed by atoms with Crippen molar-refractivity contribution in [3.8, 4) is 11.5 Å². The topological polar surface area (TPSA) is 115 Å². The molecule has 0 radical (unpaired) electrons. The summed E-state index contributed by atoms with van der Waals surface area (Å²) in [5.74, 6) is 0.0926. The molecular formula is C21H28N4O5S2. The third-order valence-electron chi connectivity index (χ3n) is 5.62. The Morgan fingerprint density at radius 2 is 2.06 bits per heavy atom. The molecule has 0 aliphatic carbocycles. The summed E-state index contributed by atoms with van der Waals surface area (Å²) < 4.78 is 38.7. The van der Waals surface area contributed by atoms with Gasteiger partial charge in [0.2, 0.25) is 21.8 Å². The van der Waals surface area contributed by atoms with Crippen molar-refractivity contribution in [2.24, 2.45) is 0 Å². The predicted molar refractivity (Wildman–Crippen MR) is 120 cm³/mol. The van der Waals surface area contributed by atoms with Crippen LogP contribution in [0.1, 0.15) is 39.0 Å². The Labute approximate surface area is 192 Å². The number of carbonyl (C=O) groups excluding carboxylic acids is 1. The second-order valence-electron chi connectivity index (χ2n) is 8.01. The molecule has 2 atom stereocenters. The zero-order valence-electron chi connectivity index (χ0n) is 18.0. The summed E-state index contributed by atoms with van der Waals surface area (Å²) in [7, 11) is -3.55. The molecule has 4 rings (SSSR count). The van der Waals surface area contributed by atoms with Crippen molar-refractivity contribution in [3.63, 3.8) is 0 Å². The first-order valence-electron chi connectivity index (χ1n) is 10.9. The van der Waals surface area contributed by atoms with Gasteiger partial charge in [0.05, 0.1) is 16.2 Å². The maximum absolute atomic E-state index is 13.0. The minimum atomic E-state index is -3.55. The van der Waals surface area contributed by atoms with Crippen LogP contribution in [-0.2, 0) is 19.6 Å². The van der Waals surface area contributed by atoms with Gasteiger partial charge in [-0.3, -0.25) is 4.79 Å². The highest BCUT2D eigenvalue weighted by Gasteiger charge is 2.27. The molecule has 2 aliphatic rings. The average molecular weight is 481 g/mol. The van der Waals surface area contributed by atoms with E-state index in [0.717, 1.165) is 50.5 Å². The van der Waals surface area contributed by atoms with Crippen molar-refractivity contribution in [3.05, 3.63) is 24.3 Å². The Kier molecular flexibility index (Phi) is 7.49. The lowest BCUT2D eigenvalue weighted by Crippen LogP contribution is -2.36. The molecule has 1 N–H and O–H groups in total. The molecule has 2 aliphatic heterocycles. The normalized spacial score (nSPS) is 20.8. The van der Waals surface area contributed by atoms with Gasteiger partial charge in [-0.1, -0.05) is 24.2 Å². The highest BCUT2D eigenvalue weighted by atomic mass is 32.2.